The molecule has 1 aliphatic carbocycles. The topological polar surface area (TPSA) is 9.23 Å². The molecule has 1 fully saturated rings. The fourth-order valence-corrected chi connectivity index (χ4v) is 2.47. The van der Waals surface area contributed by atoms with E-state index in [1.807, 2.05) is 13.8 Å². The number of hydrogen-bond donors (Lipinski definition) is 0. The van der Waals surface area contributed by atoms with Gasteiger partial charge in [-0.2, -0.15) is 0 Å². The van der Waals surface area contributed by atoms with Gasteiger partial charge in [0.15, 0.2) is 0 Å². The molecule has 0 heterocycles. The summed E-state index contributed by atoms with van der Waals surface area (Å²) in [5.74, 6) is -3.06. The zero-order valence-corrected chi connectivity index (χ0v) is 12.3. The Morgan fingerprint density at radius 1 is 1.17 bits per heavy atom. The molecule has 1 nitrogen and oxygen atoms in total. The molecule has 0 aromatic heterocycles. The lowest BCUT2D eigenvalue weighted by Crippen LogP contribution is -2.36. The second-order valence-electron chi connectivity index (χ2n) is 6.48. The van der Waals surface area contributed by atoms with Crippen molar-refractivity contribution in [3.63, 3.8) is 0 Å². The first-order valence-electron chi connectivity index (χ1n) is 7.27. The summed E-state index contributed by atoms with van der Waals surface area (Å²) >= 11 is 0. The van der Waals surface area contributed by atoms with Crippen molar-refractivity contribution >= 4 is 0 Å². The Bertz CT molecular complexity index is 245. The van der Waals surface area contributed by atoms with Gasteiger partial charge in [0.05, 0.1) is 12.7 Å². The molecule has 1 saturated carbocycles. The van der Waals surface area contributed by atoms with E-state index in [9.17, 15) is 8.78 Å². The van der Waals surface area contributed by atoms with Gasteiger partial charge >= 0.3 is 0 Å². The lowest BCUT2D eigenvalue weighted by Gasteiger charge is -2.42. The quantitative estimate of drug-likeness (QED) is 0.595. The molecule has 18 heavy (non-hydrogen) atoms. The van der Waals surface area contributed by atoms with Crippen molar-refractivity contribution in [2.45, 2.75) is 78.2 Å². The molecule has 0 atom stereocenters. The average Bonchev–Trinajstić information content (AvgIpc) is 2.20. The first kappa shape index (κ1) is 15.9. The van der Waals surface area contributed by atoms with E-state index in [0.29, 0.717) is 6.42 Å². The SMILES string of the molecule is CC(C)OCC1(CCCC(F)(F)C(C)C)CCC1. The summed E-state index contributed by atoms with van der Waals surface area (Å²) in [6, 6.07) is 0. The Balaban J connectivity index is 2.31. The van der Waals surface area contributed by atoms with Crippen LogP contribution in [0.2, 0.25) is 0 Å². The molecular formula is C15H28F2O. The molecule has 0 spiro atoms. The standard InChI is InChI=1S/C15H28F2O/c1-12(2)15(16,17)10-6-9-14(7-5-8-14)11-18-13(3)4/h12-13H,5-11H2,1-4H3. The van der Waals surface area contributed by atoms with Crippen LogP contribution in [-0.4, -0.2) is 18.6 Å². The van der Waals surface area contributed by atoms with E-state index in [1.165, 1.54) is 6.42 Å². The minimum absolute atomic E-state index is 0.0219. The van der Waals surface area contributed by atoms with Crippen molar-refractivity contribution in [3.05, 3.63) is 0 Å². The molecule has 1 aliphatic rings. The molecule has 1 rings (SSSR count). The third kappa shape index (κ3) is 4.49. The maximum Gasteiger partial charge on any atom is 0.250 e. The molecule has 108 valence electrons. The van der Waals surface area contributed by atoms with Crippen molar-refractivity contribution in [2.75, 3.05) is 6.61 Å². The molecule has 0 radical (unpaired) electrons. The third-order valence-electron chi connectivity index (χ3n) is 4.20. The summed E-state index contributed by atoms with van der Waals surface area (Å²) in [6.07, 6.45) is 5.28. The van der Waals surface area contributed by atoms with Crippen LogP contribution in [0, 0.1) is 11.3 Å². The number of halogens is 2. The van der Waals surface area contributed by atoms with Crippen LogP contribution >= 0.6 is 0 Å². The Kier molecular flexibility index (Phi) is 5.57. The minimum atomic E-state index is -2.51. The van der Waals surface area contributed by atoms with Gasteiger partial charge in [0, 0.05) is 12.3 Å². The summed E-state index contributed by atoms with van der Waals surface area (Å²) in [5.41, 5.74) is 0.206. The van der Waals surface area contributed by atoms with E-state index >= 15 is 0 Å². The van der Waals surface area contributed by atoms with Crippen molar-refractivity contribution in [1.29, 1.82) is 0 Å². The number of rotatable bonds is 8. The van der Waals surface area contributed by atoms with Gasteiger partial charge in [-0.25, -0.2) is 8.78 Å². The fraction of sp³-hybridized carbons (Fsp3) is 1.00. The number of hydrogen-bond acceptors (Lipinski definition) is 1. The number of alkyl halides is 2. The van der Waals surface area contributed by atoms with Crippen LogP contribution in [0.4, 0.5) is 8.78 Å². The predicted molar refractivity (Wildman–Crippen MR) is 71.0 cm³/mol. The van der Waals surface area contributed by atoms with Crippen LogP contribution in [0.15, 0.2) is 0 Å². The summed E-state index contributed by atoms with van der Waals surface area (Å²) in [5, 5.41) is 0. The maximum absolute atomic E-state index is 13.5. The van der Waals surface area contributed by atoms with E-state index in [-0.39, 0.29) is 17.9 Å². The van der Waals surface area contributed by atoms with Gasteiger partial charge in [0.25, 0.3) is 0 Å². The monoisotopic (exact) mass is 262 g/mol. The normalized spacial score (nSPS) is 19.3. The molecule has 0 amide bonds. The van der Waals surface area contributed by atoms with E-state index in [1.54, 1.807) is 13.8 Å². The van der Waals surface area contributed by atoms with Gasteiger partial charge < -0.3 is 4.74 Å². The van der Waals surface area contributed by atoms with Gasteiger partial charge in [0.1, 0.15) is 0 Å². The van der Waals surface area contributed by atoms with E-state index in [0.717, 1.165) is 25.9 Å². The van der Waals surface area contributed by atoms with Crippen LogP contribution in [0.5, 0.6) is 0 Å². The predicted octanol–water partition coefficient (Wildman–Crippen LogP) is 5.04. The fourth-order valence-electron chi connectivity index (χ4n) is 2.47. The van der Waals surface area contributed by atoms with Crippen LogP contribution < -0.4 is 0 Å². The van der Waals surface area contributed by atoms with Crippen molar-refractivity contribution in [1.82, 2.24) is 0 Å². The van der Waals surface area contributed by atoms with Gasteiger partial charge in [-0.1, -0.05) is 20.3 Å². The molecule has 0 unspecified atom stereocenters. The summed E-state index contributed by atoms with van der Waals surface area (Å²) in [7, 11) is 0. The average molecular weight is 262 g/mol. The van der Waals surface area contributed by atoms with E-state index in [2.05, 4.69) is 0 Å². The van der Waals surface area contributed by atoms with Crippen molar-refractivity contribution in [3.8, 4) is 0 Å². The Hall–Kier alpha value is -0.180. The molecule has 0 aliphatic heterocycles. The van der Waals surface area contributed by atoms with Gasteiger partial charge in [-0.05, 0) is 44.9 Å². The first-order valence-corrected chi connectivity index (χ1v) is 7.27. The molecule has 0 saturated heterocycles. The van der Waals surface area contributed by atoms with Gasteiger partial charge in [0.2, 0.25) is 5.92 Å². The zero-order valence-electron chi connectivity index (χ0n) is 12.3. The van der Waals surface area contributed by atoms with Crippen LogP contribution in [0.1, 0.15) is 66.2 Å². The van der Waals surface area contributed by atoms with E-state index < -0.39 is 11.8 Å². The van der Waals surface area contributed by atoms with Crippen molar-refractivity contribution in [2.24, 2.45) is 11.3 Å². The molecular weight excluding hydrogens is 234 g/mol. The highest BCUT2D eigenvalue weighted by molar-refractivity contribution is 4.88. The highest BCUT2D eigenvalue weighted by Gasteiger charge is 2.39. The van der Waals surface area contributed by atoms with Crippen molar-refractivity contribution < 1.29 is 13.5 Å². The van der Waals surface area contributed by atoms with Crippen LogP contribution in [0.3, 0.4) is 0 Å². The molecule has 0 N–H and O–H groups in total. The third-order valence-corrected chi connectivity index (χ3v) is 4.20. The maximum atomic E-state index is 13.5. The number of ether oxygens (including phenoxy) is 1. The summed E-state index contributed by atoms with van der Waals surface area (Å²) in [4.78, 5) is 0. The molecule has 0 aromatic carbocycles. The Morgan fingerprint density at radius 2 is 1.78 bits per heavy atom. The van der Waals surface area contributed by atoms with Crippen LogP contribution in [0.25, 0.3) is 0 Å². The van der Waals surface area contributed by atoms with Crippen LogP contribution in [-0.2, 0) is 4.74 Å². The Morgan fingerprint density at radius 3 is 2.17 bits per heavy atom. The largest absolute Gasteiger partial charge is 0.378 e. The lowest BCUT2D eigenvalue weighted by molar-refractivity contribution is -0.0677. The summed E-state index contributed by atoms with van der Waals surface area (Å²) in [6.45, 7) is 8.00. The molecule has 3 heteroatoms. The zero-order chi connectivity index (χ0) is 13.8. The second kappa shape index (κ2) is 6.31. The van der Waals surface area contributed by atoms with E-state index in [4.69, 9.17) is 4.74 Å². The second-order valence-corrected chi connectivity index (χ2v) is 6.48. The van der Waals surface area contributed by atoms with Gasteiger partial charge in [-0.3, -0.25) is 0 Å². The molecule has 0 aromatic rings. The highest BCUT2D eigenvalue weighted by atomic mass is 19.3. The highest BCUT2D eigenvalue weighted by Crippen LogP contribution is 2.46. The van der Waals surface area contributed by atoms with Gasteiger partial charge in [-0.15, -0.1) is 0 Å². The Labute approximate surface area is 110 Å². The summed E-state index contributed by atoms with van der Waals surface area (Å²) < 4.78 is 32.7. The first-order chi connectivity index (χ1) is 8.27. The molecule has 0 bridgehead atoms. The lowest BCUT2D eigenvalue weighted by atomic mass is 9.66. The minimum Gasteiger partial charge on any atom is -0.378 e. The smallest absolute Gasteiger partial charge is 0.250 e.